The minimum atomic E-state index is 0.739. The second-order valence-corrected chi connectivity index (χ2v) is 9.16. The molecule has 0 saturated heterocycles. The van der Waals surface area contributed by atoms with Crippen molar-refractivity contribution in [3.8, 4) is 0 Å². The Kier molecular flexibility index (Phi) is 18.9. The van der Waals surface area contributed by atoms with Crippen LogP contribution in [0.25, 0.3) is 0 Å². The van der Waals surface area contributed by atoms with E-state index in [4.69, 9.17) is 0 Å². The van der Waals surface area contributed by atoms with Crippen LogP contribution in [-0.2, 0) is 9.59 Å². The van der Waals surface area contributed by atoms with Gasteiger partial charge in [0.25, 0.3) is 0 Å². The Bertz CT molecular complexity index is 411. The third-order valence-electron chi connectivity index (χ3n) is 6.41. The number of allylic oxidation sites excluding steroid dienone is 4. The summed E-state index contributed by atoms with van der Waals surface area (Å²) in [6.45, 7) is 0. The van der Waals surface area contributed by atoms with Crippen molar-refractivity contribution >= 4 is 12.6 Å². The number of carbonyl (C=O) groups excluding carboxylic acids is 2. The number of unbranched alkanes of at least 4 members (excludes halogenated alkanes) is 6. The SMILES string of the molecule is O=CCCCCC=C1CCCCCCC1.O=CCCCCC=C1CCCCCCC1. The summed E-state index contributed by atoms with van der Waals surface area (Å²) in [5.74, 6) is 0. The van der Waals surface area contributed by atoms with Crippen molar-refractivity contribution in [3.63, 3.8) is 0 Å². The number of aldehydes is 2. The van der Waals surface area contributed by atoms with Gasteiger partial charge in [0, 0.05) is 12.8 Å². The van der Waals surface area contributed by atoms with E-state index < -0.39 is 0 Å². The van der Waals surface area contributed by atoms with E-state index in [2.05, 4.69) is 12.2 Å². The van der Waals surface area contributed by atoms with Crippen molar-refractivity contribution in [2.45, 2.75) is 141 Å². The van der Waals surface area contributed by atoms with Gasteiger partial charge in [-0.25, -0.2) is 0 Å². The summed E-state index contributed by atoms with van der Waals surface area (Å²) in [4.78, 5) is 20.3. The molecule has 2 aliphatic carbocycles. The molecule has 2 fully saturated rings. The molecular formula is C28H48O2. The second kappa shape index (κ2) is 21.1. The molecule has 0 amide bonds. The van der Waals surface area contributed by atoms with Crippen LogP contribution in [0.1, 0.15) is 141 Å². The van der Waals surface area contributed by atoms with Crippen LogP contribution >= 0.6 is 0 Å². The fourth-order valence-corrected chi connectivity index (χ4v) is 4.48. The third-order valence-corrected chi connectivity index (χ3v) is 6.41. The smallest absolute Gasteiger partial charge is 0.119 e. The number of hydrogen-bond donors (Lipinski definition) is 0. The fraction of sp³-hybridized carbons (Fsp3) is 0.786. The highest BCUT2D eigenvalue weighted by Crippen LogP contribution is 2.23. The molecule has 0 atom stereocenters. The summed E-state index contributed by atoms with van der Waals surface area (Å²) in [6.07, 6.45) is 34.7. The van der Waals surface area contributed by atoms with Crippen molar-refractivity contribution in [2.24, 2.45) is 0 Å². The van der Waals surface area contributed by atoms with Crippen molar-refractivity contribution in [2.75, 3.05) is 0 Å². The molecule has 0 radical (unpaired) electrons. The minimum absolute atomic E-state index is 0.739. The van der Waals surface area contributed by atoms with Gasteiger partial charge in [0.1, 0.15) is 12.6 Å². The van der Waals surface area contributed by atoms with E-state index in [0.29, 0.717) is 0 Å². The molecular weight excluding hydrogens is 368 g/mol. The van der Waals surface area contributed by atoms with E-state index in [9.17, 15) is 9.59 Å². The first-order valence-corrected chi connectivity index (χ1v) is 13.1. The van der Waals surface area contributed by atoms with Crippen LogP contribution < -0.4 is 0 Å². The van der Waals surface area contributed by atoms with Gasteiger partial charge in [0.05, 0.1) is 0 Å². The molecule has 0 heterocycles. The Morgan fingerprint density at radius 1 is 0.433 bits per heavy atom. The lowest BCUT2D eigenvalue weighted by atomic mass is 9.95. The van der Waals surface area contributed by atoms with Gasteiger partial charge in [-0.1, -0.05) is 61.8 Å². The molecule has 0 spiro atoms. The maximum Gasteiger partial charge on any atom is 0.119 e. The van der Waals surface area contributed by atoms with E-state index in [-0.39, 0.29) is 0 Å². The molecule has 0 aromatic heterocycles. The summed E-state index contributed by atoms with van der Waals surface area (Å²) in [5, 5.41) is 0. The van der Waals surface area contributed by atoms with Gasteiger partial charge in [0.15, 0.2) is 0 Å². The van der Waals surface area contributed by atoms with E-state index in [1.165, 1.54) is 116 Å². The topological polar surface area (TPSA) is 34.1 Å². The molecule has 0 aromatic rings. The van der Waals surface area contributed by atoms with Crippen LogP contribution in [0.15, 0.2) is 23.3 Å². The number of hydrogen-bond acceptors (Lipinski definition) is 2. The van der Waals surface area contributed by atoms with Gasteiger partial charge in [-0.05, 0) is 89.9 Å². The fourth-order valence-electron chi connectivity index (χ4n) is 4.48. The van der Waals surface area contributed by atoms with E-state index >= 15 is 0 Å². The Morgan fingerprint density at radius 3 is 1.07 bits per heavy atom. The second-order valence-electron chi connectivity index (χ2n) is 9.16. The van der Waals surface area contributed by atoms with E-state index in [1.807, 2.05) is 0 Å². The van der Waals surface area contributed by atoms with Gasteiger partial charge < -0.3 is 9.59 Å². The number of carbonyl (C=O) groups is 2. The lowest BCUT2D eigenvalue weighted by Gasteiger charge is -2.11. The van der Waals surface area contributed by atoms with Crippen molar-refractivity contribution in [3.05, 3.63) is 23.3 Å². The zero-order valence-corrected chi connectivity index (χ0v) is 19.7. The molecule has 2 heteroatoms. The van der Waals surface area contributed by atoms with Crippen molar-refractivity contribution in [1.29, 1.82) is 0 Å². The molecule has 30 heavy (non-hydrogen) atoms. The minimum Gasteiger partial charge on any atom is -0.303 e. The molecule has 2 aliphatic rings. The average molecular weight is 417 g/mol. The summed E-state index contributed by atoms with van der Waals surface area (Å²) < 4.78 is 0. The zero-order valence-electron chi connectivity index (χ0n) is 19.7. The van der Waals surface area contributed by atoms with Gasteiger partial charge in [-0.2, -0.15) is 0 Å². The largest absolute Gasteiger partial charge is 0.303 e. The van der Waals surface area contributed by atoms with Crippen LogP contribution in [0.5, 0.6) is 0 Å². The molecule has 172 valence electrons. The van der Waals surface area contributed by atoms with E-state index in [0.717, 1.165) is 38.3 Å². The first kappa shape index (κ1) is 26.9. The summed E-state index contributed by atoms with van der Waals surface area (Å²) >= 11 is 0. The lowest BCUT2D eigenvalue weighted by molar-refractivity contribution is -0.108. The van der Waals surface area contributed by atoms with E-state index in [1.54, 1.807) is 11.1 Å². The Morgan fingerprint density at radius 2 is 0.733 bits per heavy atom. The average Bonchev–Trinajstić information content (AvgIpc) is 2.71. The van der Waals surface area contributed by atoms with Crippen LogP contribution in [0, 0.1) is 0 Å². The highest BCUT2D eigenvalue weighted by molar-refractivity contribution is 5.49. The normalized spacial score (nSPS) is 18.0. The van der Waals surface area contributed by atoms with Crippen LogP contribution in [0.2, 0.25) is 0 Å². The first-order valence-electron chi connectivity index (χ1n) is 13.1. The molecule has 0 aliphatic heterocycles. The Hall–Kier alpha value is -1.18. The monoisotopic (exact) mass is 416 g/mol. The molecule has 0 unspecified atom stereocenters. The summed E-state index contributed by atoms with van der Waals surface area (Å²) in [6, 6.07) is 0. The molecule has 0 aromatic carbocycles. The Balaban J connectivity index is 0.000000300. The predicted octanol–water partition coefficient (Wildman–Crippen LogP) is 8.83. The first-order chi connectivity index (χ1) is 14.9. The summed E-state index contributed by atoms with van der Waals surface area (Å²) in [5.41, 5.74) is 3.36. The standard InChI is InChI=1S/2C14H24O/c2*15-13-9-5-4-8-12-14-10-6-2-1-3-7-11-14/h2*12-13H,1-11H2. The van der Waals surface area contributed by atoms with Gasteiger partial charge in [0.2, 0.25) is 0 Å². The highest BCUT2D eigenvalue weighted by Gasteiger charge is 2.03. The predicted molar refractivity (Wildman–Crippen MR) is 130 cm³/mol. The van der Waals surface area contributed by atoms with Crippen molar-refractivity contribution < 1.29 is 9.59 Å². The van der Waals surface area contributed by atoms with Crippen LogP contribution in [-0.4, -0.2) is 12.6 Å². The van der Waals surface area contributed by atoms with Crippen LogP contribution in [0.4, 0.5) is 0 Å². The van der Waals surface area contributed by atoms with Gasteiger partial charge >= 0.3 is 0 Å². The molecule has 0 N–H and O–H groups in total. The maximum atomic E-state index is 10.1. The molecule has 0 bridgehead atoms. The molecule has 2 nitrogen and oxygen atoms in total. The maximum absolute atomic E-state index is 10.1. The molecule has 2 rings (SSSR count). The quantitative estimate of drug-likeness (QED) is 0.202. The van der Waals surface area contributed by atoms with Gasteiger partial charge in [-0.15, -0.1) is 0 Å². The lowest BCUT2D eigenvalue weighted by Crippen LogP contribution is -1.92. The Labute approximate surface area is 187 Å². The highest BCUT2D eigenvalue weighted by atomic mass is 16.1. The van der Waals surface area contributed by atoms with Crippen LogP contribution in [0.3, 0.4) is 0 Å². The molecule has 2 saturated carbocycles. The van der Waals surface area contributed by atoms with Crippen molar-refractivity contribution in [1.82, 2.24) is 0 Å². The van der Waals surface area contributed by atoms with Gasteiger partial charge in [-0.3, -0.25) is 0 Å². The number of rotatable bonds is 10. The summed E-state index contributed by atoms with van der Waals surface area (Å²) in [7, 11) is 0. The third kappa shape index (κ3) is 16.6. The zero-order chi connectivity index (χ0) is 21.5.